The SMILES string of the molecule is c1cnc2c(c1)nnn2C1CCCOC1. The summed E-state index contributed by atoms with van der Waals surface area (Å²) in [5, 5.41) is 8.23. The molecule has 1 saturated heterocycles. The number of fused-ring (bicyclic) bond motifs is 1. The summed E-state index contributed by atoms with van der Waals surface area (Å²) < 4.78 is 7.32. The fraction of sp³-hybridized carbons (Fsp3) is 0.500. The molecule has 0 bridgehead atoms. The Morgan fingerprint density at radius 1 is 1.47 bits per heavy atom. The first-order valence-electron chi connectivity index (χ1n) is 5.19. The van der Waals surface area contributed by atoms with Gasteiger partial charge in [-0.25, -0.2) is 9.67 Å². The van der Waals surface area contributed by atoms with Crippen molar-refractivity contribution in [2.24, 2.45) is 0 Å². The number of aromatic nitrogens is 4. The molecule has 0 amide bonds. The summed E-state index contributed by atoms with van der Waals surface area (Å²) >= 11 is 0. The van der Waals surface area contributed by atoms with Crippen molar-refractivity contribution < 1.29 is 4.74 Å². The van der Waals surface area contributed by atoms with Crippen LogP contribution < -0.4 is 0 Å². The molecule has 0 saturated carbocycles. The third-order valence-corrected chi connectivity index (χ3v) is 2.71. The number of rotatable bonds is 1. The Kier molecular flexibility index (Phi) is 2.10. The maximum absolute atomic E-state index is 5.44. The predicted octanol–water partition coefficient (Wildman–Crippen LogP) is 1.18. The Labute approximate surface area is 87.1 Å². The molecule has 1 fully saturated rings. The van der Waals surface area contributed by atoms with E-state index < -0.39 is 0 Å². The number of nitrogens with zero attached hydrogens (tertiary/aromatic N) is 4. The van der Waals surface area contributed by atoms with E-state index in [1.54, 1.807) is 6.20 Å². The van der Waals surface area contributed by atoms with Crippen molar-refractivity contribution >= 4 is 11.2 Å². The van der Waals surface area contributed by atoms with Crippen molar-refractivity contribution in [2.45, 2.75) is 18.9 Å². The molecule has 0 N–H and O–H groups in total. The normalized spacial score (nSPS) is 22.0. The Hall–Kier alpha value is -1.49. The lowest BCUT2D eigenvalue weighted by atomic mass is 10.1. The van der Waals surface area contributed by atoms with Crippen molar-refractivity contribution in [3.63, 3.8) is 0 Å². The van der Waals surface area contributed by atoms with Crippen molar-refractivity contribution in [1.29, 1.82) is 0 Å². The lowest BCUT2D eigenvalue weighted by Crippen LogP contribution is -2.22. The molecule has 5 nitrogen and oxygen atoms in total. The molecule has 0 spiro atoms. The molecule has 0 aromatic carbocycles. The second kappa shape index (κ2) is 3.58. The highest BCUT2D eigenvalue weighted by atomic mass is 16.5. The molecule has 78 valence electrons. The molecule has 2 aromatic heterocycles. The van der Waals surface area contributed by atoms with E-state index >= 15 is 0 Å². The van der Waals surface area contributed by atoms with Gasteiger partial charge in [-0.3, -0.25) is 0 Å². The Morgan fingerprint density at radius 3 is 3.33 bits per heavy atom. The van der Waals surface area contributed by atoms with Gasteiger partial charge in [-0.1, -0.05) is 5.21 Å². The van der Waals surface area contributed by atoms with Crippen LogP contribution in [-0.4, -0.2) is 33.2 Å². The quantitative estimate of drug-likeness (QED) is 0.699. The van der Waals surface area contributed by atoms with Crippen LogP contribution in [0.4, 0.5) is 0 Å². The van der Waals surface area contributed by atoms with Crippen LogP contribution in [0.15, 0.2) is 18.3 Å². The van der Waals surface area contributed by atoms with Crippen LogP contribution in [0.1, 0.15) is 18.9 Å². The third kappa shape index (κ3) is 1.48. The largest absolute Gasteiger partial charge is 0.379 e. The Bertz CT molecular complexity index is 461. The van der Waals surface area contributed by atoms with E-state index in [0.29, 0.717) is 6.04 Å². The maximum atomic E-state index is 5.44. The average molecular weight is 204 g/mol. The van der Waals surface area contributed by atoms with Crippen LogP contribution >= 0.6 is 0 Å². The summed E-state index contributed by atoms with van der Waals surface area (Å²) in [5.74, 6) is 0. The first-order chi connectivity index (χ1) is 7.45. The van der Waals surface area contributed by atoms with E-state index in [4.69, 9.17) is 4.74 Å². The van der Waals surface area contributed by atoms with Gasteiger partial charge in [0.1, 0.15) is 5.52 Å². The molecule has 1 aliphatic heterocycles. The van der Waals surface area contributed by atoms with Crippen LogP contribution in [0, 0.1) is 0 Å². The zero-order chi connectivity index (χ0) is 10.1. The Morgan fingerprint density at radius 2 is 2.47 bits per heavy atom. The number of ether oxygens (including phenoxy) is 1. The molecule has 15 heavy (non-hydrogen) atoms. The van der Waals surface area contributed by atoms with Crippen molar-refractivity contribution in [3.8, 4) is 0 Å². The standard InChI is InChI=1S/C10H12N4O/c1-4-9-10(11-5-1)14(13-12-9)8-3-2-6-15-7-8/h1,4-5,8H,2-3,6-7H2. The molecule has 3 rings (SSSR count). The van der Waals surface area contributed by atoms with Gasteiger partial charge in [0.2, 0.25) is 0 Å². The van der Waals surface area contributed by atoms with Crippen LogP contribution in [0.2, 0.25) is 0 Å². The zero-order valence-corrected chi connectivity index (χ0v) is 8.33. The topological polar surface area (TPSA) is 52.8 Å². The maximum Gasteiger partial charge on any atom is 0.178 e. The van der Waals surface area contributed by atoms with Crippen molar-refractivity contribution in [3.05, 3.63) is 18.3 Å². The van der Waals surface area contributed by atoms with E-state index in [1.807, 2.05) is 16.8 Å². The molecular formula is C10H12N4O. The Balaban J connectivity index is 2.02. The highest BCUT2D eigenvalue weighted by Crippen LogP contribution is 2.21. The highest BCUT2D eigenvalue weighted by Gasteiger charge is 2.19. The van der Waals surface area contributed by atoms with Gasteiger partial charge in [0.15, 0.2) is 5.65 Å². The fourth-order valence-electron chi connectivity index (χ4n) is 1.94. The monoisotopic (exact) mass is 204 g/mol. The molecule has 2 aromatic rings. The van der Waals surface area contributed by atoms with Crippen molar-refractivity contribution in [1.82, 2.24) is 20.0 Å². The highest BCUT2D eigenvalue weighted by molar-refractivity contribution is 5.68. The van der Waals surface area contributed by atoms with Gasteiger partial charge in [0.25, 0.3) is 0 Å². The number of hydrogen-bond acceptors (Lipinski definition) is 4. The van der Waals surface area contributed by atoms with E-state index in [2.05, 4.69) is 15.3 Å². The molecule has 0 radical (unpaired) electrons. The minimum atomic E-state index is 0.290. The summed E-state index contributed by atoms with van der Waals surface area (Å²) in [6.07, 6.45) is 3.94. The minimum Gasteiger partial charge on any atom is -0.379 e. The summed E-state index contributed by atoms with van der Waals surface area (Å²) in [7, 11) is 0. The average Bonchev–Trinajstić information content (AvgIpc) is 2.74. The summed E-state index contributed by atoms with van der Waals surface area (Å²) in [5.41, 5.74) is 1.70. The van der Waals surface area contributed by atoms with E-state index in [1.165, 1.54) is 0 Å². The lowest BCUT2D eigenvalue weighted by Gasteiger charge is -2.21. The van der Waals surface area contributed by atoms with Crippen LogP contribution in [0.3, 0.4) is 0 Å². The first-order valence-corrected chi connectivity index (χ1v) is 5.19. The predicted molar refractivity (Wildman–Crippen MR) is 54.4 cm³/mol. The third-order valence-electron chi connectivity index (χ3n) is 2.71. The van der Waals surface area contributed by atoms with Gasteiger partial charge in [-0.15, -0.1) is 5.10 Å². The van der Waals surface area contributed by atoms with Gasteiger partial charge < -0.3 is 4.74 Å². The molecule has 0 aliphatic carbocycles. The second-order valence-corrected chi connectivity index (χ2v) is 3.75. The molecular weight excluding hydrogens is 192 g/mol. The van der Waals surface area contributed by atoms with E-state index in [-0.39, 0.29) is 0 Å². The van der Waals surface area contributed by atoms with Gasteiger partial charge in [-0.05, 0) is 25.0 Å². The number of hydrogen-bond donors (Lipinski definition) is 0. The molecule has 1 aliphatic rings. The van der Waals surface area contributed by atoms with Crippen LogP contribution in [0.25, 0.3) is 11.2 Å². The summed E-state index contributed by atoms with van der Waals surface area (Å²) in [6, 6.07) is 4.09. The molecule has 5 heteroatoms. The van der Waals surface area contributed by atoms with Gasteiger partial charge in [-0.2, -0.15) is 0 Å². The molecule has 1 atom stereocenters. The second-order valence-electron chi connectivity index (χ2n) is 3.75. The van der Waals surface area contributed by atoms with Crippen molar-refractivity contribution in [2.75, 3.05) is 13.2 Å². The lowest BCUT2D eigenvalue weighted by molar-refractivity contribution is 0.0556. The van der Waals surface area contributed by atoms with E-state index in [0.717, 1.165) is 37.2 Å². The summed E-state index contributed by atoms with van der Waals surface area (Å²) in [6.45, 7) is 1.57. The minimum absolute atomic E-state index is 0.290. The molecule has 3 heterocycles. The van der Waals surface area contributed by atoms with Gasteiger partial charge in [0, 0.05) is 12.8 Å². The summed E-state index contributed by atoms with van der Waals surface area (Å²) in [4.78, 5) is 4.30. The van der Waals surface area contributed by atoms with Crippen LogP contribution in [0.5, 0.6) is 0 Å². The van der Waals surface area contributed by atoms with Crippen LogP contribution in [-0.2, 0) is 4.74 Å². The van der Waals surface area contributed by atoms with Gasteiger partial charge in [0.05, 0.1) is 12.6 Å². The fourth-order valence-corrected chi connectivity index (χ4v) is 1.94. The molecule has 1 unspecified atom stereocenters. The zero-order valence-electron chi connectivity index (χ0n) is 8.33. The van der Waals surface area contributed by atoms with Gasteiger partial charge >= 0.3 is 0 Å². The van der Waals surface area contributed by atoms with E-state index in [9.17, 15) is 0 Å². The number of pyridine rings is 1. The smallest absolute Gasteiger partial charge is 0.178 e. The first kappa shape index (κ1) is 8.79.